The van der Waals surface area contributed by atoms with Gasteiger partial charge in [-0.3, -0.25) is 4.74 Å². The molecule has 0 spiro atoms. The zero-order valence-corrected chi connectivity index (χ0v) is 22.9. The van der Waals surface area contributed by atoms with Crippen molar-refractivity contribution in [2.24, 2.45) is 57.2 Å². The third-order valence-electron chi connectivity index (χ3n) is 11.3. The van der Waals surface area contributed by atoms with Gasteiger partial charge < -0.3 is 25.2 Å². The molecule has 3 N–H and O–H groups in total. The number of nitrogens with zero attached hydrogens (tertiary/aromatic N) is 1. The number of rotatable bonds is 9. The minimum absolute atomic E-state index is 0.0175. The third-order valence-corrected chi connectivity index (χ3v) is 11.3. The van der Waals surface area contributed by atoms with Gasteiger partial charge in [0.15, 0.2) is 0 Å². The summed E-state index contributed by atoms with van der Waals surface area (Å²) in [7, 11) is 4.78. The molecule has 4 aliphatic carbocycles. The van der Waals surface area contributed by atoms with Gasteiger partial charge in [0.2, 0.25) is 0 Å². The smallest absolute Gasteiger partial charge is 0.409 e. The second kappa shape index (κ2) is 10.5. The van der Waals surface area contributed by atoms with Gasteiger partial charge in [-0.05, 0) is 97.7 Å². The number of nitrogens with two attached hydrogens (primary N) is 1. The lowest BCUT2D eigenvalue weighted by Gasteiger charge is -2.63. The Kier molecular flexibility index (Phi) is 8.12. The fraction of sp³-hybridized carbons (Fsp3) is 0.964. The van der Waals surface area contributed by atoms with Crippen LogP contribution in [0, 0.1) is 46.3 Å². The maximum absolute atomic E-state index is 9.02. The molecule has 4 rings (SSSR count). The highest BCUT2D eigenvalue weighted by molar-refractivity contribution is 5.79. The zero-order valence-electron chi connectivity index (χ0n) is 22.9. The van der Waals surface area contributed by atoms with Crippen LogP contribution < -0.4 is 5.73 Å². The van der Waals surface area contributed by atoms with E-state index in [1.54, 1.807) is 21.3 Å². The molecule has 4 fully saturated rings. The Hall–Kier alpha value is -0.890. The van der Waals surface area contributed by atoms with E-state index in [-0.39, 0.29) is 11.5 Å². The number of methoxy groups -OCH3 is 3. The Morgan fingerprint density at radius 3 is 2.40 bits per heavy atom. The summed E-state index contributed by atoms with van der Waals surface area (Å²) in [5.74, 6) is 4.06. The molecule has 9 atom stereocenters. The Morgan fingerprint density at radius 1 is 1.03 bits per heavy atom. The molecule has 202 valence electrons. The predicted octanol–water partition coefficient (Wildman–Crippen LogP) is 5.74. The van der Waals surface area contributed by atoms with Crippen LogP contribution in [0.4, 0.5) is 0 Å². The summed E-state index contributed by atoms with van der Waals surface area (Å²) >= 11 is 0. The molecule has 0 amide bonds. The van der Waals surface area contributed by atoms with Crippen LogP contribution in [0.3, 0.4) is 0 Å². The largest absolute Gasteiger partial charge is 0.412 e. The van der Waals surface area contributed by atoms with E-state index in [0.29, 0.717) is 47.3 Å². The first-order valence-corrected chi connectivity index (χ1v) is 14.0. The second-order valence-electron chi connectivity index (χ2n) is 12.6. The van der Waals surface area contributed by atoms with Gasteiger partial charge in [-0.1, -0.05) is 38.8 Å². The van der Waals surface area contributed by atoms with E-state index in [1.165, 1.54) is 51.4 Å². The highest BCUT2D eigenvalue weighted by Gasteiger charge is 2.64. The number of hydrogen-bond donors (Lipinski definition) is 2. The average Bonchev–Trinajstić information content (AvgIpc) is 3.21. The van der Waals surface area contributed by atoms with Gasteiger partial charge in [-0.15, -0.1) is 0 Å². The Balaban J connectivity index is 1.67. The number of hydrogen-bond acceptors (Lipinski definition) is 6. The first-order valence-electron chi connectivity index (χ1n) is 14.0. The Labute approximate surface area is 212 Å². The summed E-state index contributed by atoms with van der Waals surface area (Å²) in [4.78, 5) is 0. The van der Waals surface area contributed by atoms with E-state index in [2.05, 4.69) is 25.9 Å². The van der Waals surface area contributed by atoms with Gasteiger partial charge in [0.05, 0.1) is 6.10 Å². The lowest BCUT2D eigenvalue weighted by molar-refractivity contribution is -0.498. The summed E-state index contributed by atoms with van der Waals surface area (Å²) in [5, 5.41) is 12.2. The summed E-state index contributed by atoms with van der Waals surface area (Å²) in [6.45, 7) is 7.44. The summed E-state index contributed by atoms with van der Waals surface area (Å²) in [5.41, 5.74) is 6.30. The standard InChI is InChI=1S/C28H50N2O5/c1-18(10-15-24(29)30-31)21-13-14-22-20-12-11-19-9-7-8-16-26(19,2)25(20)23(17-27(21,22)3)35-28(32-4,33-5)34-6/h18-23,25,31H,7-17H2,1-6H3,(H2,29,30)/t18-,19+,20+,21-,22+,23+,25-,26+,27-/m1/s1. The number of amidine groups is 1. The topological polar surface area (TPSA) is 95.5 Å². The van der Waals surface area contributed by atoms with Crippen molar-refractivity contribution in [3.63, 3.8) is 0 Å². The third kappa shape index (κ3) is 4.64. The quantitative estimate of drug-likeness (QED) is 0.139. The van der Waals surface area contributed by atoms with Crippen LogP contribution in [0.2, 0.25) is 0 Å². The van der Waals surface area contributed by atoms with E-state index in [0.717, 1.165) is 18.8 Å². The molecule has 0 aromatic rings. The molecule has 0 radical (unpaired) electrons. The van der Waals surface area contributed by atoms with Gasteiger partial charge in [0.25, 0.3) is 0 Å². The van der Waals surface area contributed by atoms with Crippen LogP contribution >= 0.6 is 0 Å². The molecule has 0 aromatic heterocycles. The van der Waals surface area contributed by atoms with Crippen molar-refractivity contribution in [3.8, 4) is 0 Å². The van der Waals surface area contributed by atoms with Crippen molar-refractivity contribution in [1.29, 1.82) is 0 Å². The van der Waals surface area contributed by atoms with Crippen molar-refractivity contribution in [2.75, 3.05) is 21.3 Å². The minimum atomic E-state index is -1.47. The fourth-order valence-corrected chi connectivity index (χ4v) is 9.67. The maximum Gasteiger partial charge on any atom is 0.412 e. The van der Waals surface area contributed by atoms with Crippen LogP contribution in [-0.2, 0) is 18.9 Å². The van der Waals surface area contributed by atoms with Gasteiger partial charge in [0, 0.05) is 27.8 Å². The predicted molar refractivity (Wildman–Crippen MR) is 136 cm³/mol. The van der Waals surface area contributed by atoms with Crippen LogP contribution in [0.1, 0.15) is 91.4 Å². The second-order valence-corrected chi connectivity index (χ2v) is 12.6. The monoisotopic (exact) mass is 494 g/mol. The SMILES string of the molecule is COC(OC)(OC)O[C@H]1C[C@]2(C)[C@@H]([C@H](C)CC/C(N)=N/O)CC[C@H]2[C@@H]2CC[C@@H]3CCCC[C@]3(C)[C@H]21. The first-order chi connectivity index (χ1) is 16.7. The molecule has 35 heavy (non-hydrogen) atoms. The van der Waals surface area contributed by atoms with Crippen molar-refractivity contribution in [3.05, 3.63) is 0 Å². The number of fused-ring (bicyclic) bond motifs is 5. The Morgan fingerprint density at radius 2 is 1.74 bits per heavy atom. The lowest BCUT2D eigenvalue weighted by atomic mass is 9.43. The van der Waals surface area contributed by atoms with Crippen LogP contribution in [0.5, 0.6) is 0 Å². The van der Waals surface area contributed by atoms with Gasteiger partial charge in [0.1, 0.15) is 5.84 Å². The van der Waals surface area contributed by atoms with Crippen molar-refractivity contribution in [1.82, 2.24) is 0 Å². The maximum atomic E-state index is 9.02. The van der Waals surface area contributed by atoms with Gasteiger partial charge in [-0.25, -0.2) is 0 Å². The molecular weight excluding hydrogens is 444 g/mol. The van der Waals surface area contributed by atoms with Gasteiger partial charge in [-0.2, -0.15) is 0 Å². The average molecular weight is 495 g/mol. The number of ether oxygens (including phenoxy) is 4. The number of oxime groups is 1. The van der Waals surface area contributed by atoms with Crippen LogP contribution in [0.15, 0.2) is 5.16 Å². The van der Waals surface area contributed by atoms with E-state index < -0.39 is 6.16 Å². The van der Waals surface area contributed by atoms with Crippen molar-refractivity contribution in [2.45, 2.75) is 104 Å². The molecule has 0 aliphatic heterocycles. The molecule has 0 heterocycles. The normalized spacial score (nSPS) is 42.7. The molecular formula is C28H50N2O5. The summed E-state index contributed by atoms with van der Waals surface area (Å²) < 4.78 is 23.8. The van der Waals surface area contributed by atoms with E-state index in [9.17, 15) is 0 Å². The summed E-state index contributed by atoms with van der Waals surface area (Å²) in [6, 6.07) is 0. The highest BCUT2D eigenvalue weighted by Crippen LogP contribution is 2.69. The lowest BCUT2D eigenvalue weighted by Crippen LogP contribution is -2.61. The first kappa shape index (κ1) is 27.2. The van der Waals surface area contributed by atoms with Crippen molar-refractivity contribution >= 4 is 5.84 Å². The summed E-state index contributed by atoms with van der Waals surface area (Å²) in [6.07, 6.45) is 11.7. The minimum Gasteiger partial charge on any atom is -0.409 e. The molecule has 0 unspecified atom stereocenters. The molecule has 0 aromatic carbocycles. The fourth-order valence-electron chi connectivity index (χ4n) is 9.67. The molecule has 4 saturated carbocycles. The molecule has 0 bridgehead atoms. The van der Waals surface area contributed by atoms with Gasteiger partial charge >= 0.3 is 6.16 Å². The van der Waals surface area contributed by atoms with Crippen molar-refractivity contribution < 1.29 is 24.2 Å². The van der Waals surface area contributed by atoms with E-state index in [4.69, 9.17) is 29.9 Å². The van der Waals surface area contributed by atoms with E-state index in [1.807, 2.05) is 0 Å². The Bertz CT molecular complexity index is 749. The van der Waals surface area contributed by atoms with E-state index >= 15 is 0 Å². The van der Waals surface area contributed by atoms with Crippen LogP contribution in [0.25, 0.3) is 0 Å². The highest BCUT2D eigenvalue weighted by atomic mass is 17.0. The zero-order chi connectivity index (χ0) is 25.4. The van der Waals surface area contributed by atoms with Crippen LogP contribution in [-0.4, -0.2) is 44.6 Å². The molecule has 4 aliphatic rings. The molecule has 0 saturated heterocycles. The molecule has 7 heteroatoms. The molecule has 7 nitrogen and oxygen atoms in total.